The first-order valence-corrected chi connectivity index (χ1v) is 11.9. The summed E-state index contributed by atoms with van der Waals surface area (Å²) in [6.45, 7) is 8.55. The molecule has 0 radical (unpaired) electrons. The van der Waals surface area contributed by atoms with Crippen LogP contribution in [0.5, 0.6) is 11.5 Å². The summed E-state index contributed by atoms with van der Waals surface area (Å²) in [5.74, 6) is 1.46. The van der Waals surface area contributed by atoms with Gasteiger partial charge in [-0.1, -0.05) is 17.8 Å². The van der Waals surface area contributed by atoms with Crippen LogP contribution in [0.25, 0.3) is 0 Å². The third-order valence-electron chi connectivity index (χ3n) is 5.51. The van der Waals surface area contributed by atoms with Crippen LogP contribution in [0.2, 0.25) is 0 Å². The second-order valence-electron chi connectivity index (χ2n) is 7.98. The predicted octanol–water partition coefficient (Wildman–Crippen LogP) is 3.94. The van der Waals surface area contributed by atoms with E-state index < -0.39 is 5.25 Å². The van der Waals surface area contributed by atoms with Crippen molar-refractivity contribution < 1.29 is 19.1 Å². The number of carbonyl (C=O) groups excluding carboxylic acids is 2. The van der Waals surface area contributed by atoms with E-state index in [2.05, 4.69) is 20.8 Å². The van der Waals surface area contributed by atoms with Crippen LogP contribution in [0.3, 0.4) is 0 Å². The Bertz CT molecular complexity index is 1230. The summed E-state index contributed by atoms with van der Waals surface area (Å²) < 4.78 is 12.5. The smallest absolute Gasteiger partial charge is 0.237 e. The first-order valence-electron chi connectivity index (χ1n) is 11.0. The SMILES string of the molecule is CCn1c(CC(=O)Nc2ccc(C)c(C)c2)nnc1S[C@@H](C)C(=O)Nc1ccc2c(c1)OCO2. The quantitative estimate of drug-likeness (QED) is 0.469. The lowest BCUT2D eigenvalue weighted by Gasteiger charge is -2.13. The summed E-state index contributed by atoms with van der Waals surface area (Å²) in [7, 11) is 0. The van der Waals surface area contributed by atoms with Crippen molar-refractivity contribution >= 4 is 35.0 Å². The molecule has 4 rings (SSSR count). The van der Waals surface area contributed by atoms with Crippen molar-refractivity contribution in [1.82, 2.24) is 14.8 Å². The van der Waals surface area contributed by atoms with Gasteiger partial charge in [0.1, 0.15) is 5.82 Å². The summed E-state index contributed by atoms with van der Waals surface area (Å²) in [5, 5.41) is 14.4. The van der Waals surface area contributed by atoms with Crippen molar-refractivity contribution in [3.63, 3.8) is 0 Å². The Hall–Kier alpha value is -3.53. The molecule has 0 unspecified atom stereocenters. The lowest BCUT2D eigenvalue weighted by atomic mass is 10.1. The molecule has 0 saturated carbocycles. The van der Waals surface area contributed by atoms with Crippen molar-refractivity contribution in [2.75, 3.05) is 17.4 Å². The number of nitrogens with one attached hydrogen (secondary N) is 2. The number of fused-ring (bicyclic) bond motifs is 1. The average Bonchev–Trinajstić information content (AvgIpc) is 3.42. The number of amides is 2. The van der Waals surface area contributed by atoms with Gasteiger partial charge in [-0.3, -0.25) is 9.59 Å². The molecule has 178 valence electrons. The number of carbonyl (C=O) groups is 2. The Labute approximate surface area is 202 Å². The largest absolute Gasteiger partial charge is 0.454 e. The average molecular weight is 482 g/mol. The zero-order valence-corrected chi connectivity index (χ0v) is 20.4. The Kier molecular flexibility index (Phi) is 7.06. The molecule has 0 aliphatic carbocycles. The Morgan fingerprint density at radius 2 is 1.76 bits per heavy atom. The maximum atomic E-state index is 12.7. The molecular weight excluding hydrogens is 454 g/mol. The van der Waals surface area contributed by atoms with E-state index >= 15 is 0 Å². The first kappa shape index (κ1) is 23.6. The summed E-state index contributed by atoms with van der Waals surface area (Å²) in [6.07, 6.45) is 0.0894. The fraction of sp³-hybridized carbons (Fsp3) is 0.333. The normalized spacial score (nSPS) is 12.9. The summed E-state index contributed by atoms with van der Waals surface area (Å²) >= 11 is 1.29. The molecular formula is C24H27N5O4S. The number of benzene rings is 2. The van der Waals surface area contributed by atoms with Gasteiger partial charge in [-0.15, -0.1) is 10.2 Å². The van der Waals surface area contributed by atoms with Crippen LogP contribution in [0.4, 0.5) is 11.4 Å². The van der Waals surface area contributed by atoms with Crippen LogP contribution < -0.4 is 20.1 Å². The minimum atomic E-state index is -0.433. The second kappa shape index (κ2) is 10.2. The van der Waals surface area contributed by atoms with E-state index in [0.717, 1.165) is 11.3 Å². The monoisotopic (exact) mass is 481 g/mol. The zero-order chi connectivity index (χ0) is 24.2. The molecule has 34 heavy (non-hydrogen) atoms. The van der Waals surface area contributed by atoms with Crippen LogP contribution in [0.15, 0.2) is 41.6 Å². The molecule has 10 heteroatoms. The molecule has 0 fully saturated rings. The van der Waals surface area contributed by atoms with E-state index in [-0.39, 0.29) is 25.0 Å². The van der Waals surface area contributed by atoms with Gasteiger partial charge in [0, 0.05) is 24.0 Å². The number of anilines is 2. The van der Waals surface area contributed by atoms with Gasteiger partial charge in [-0.05, 0) is 63.1 Å². The van der Waals surface area contributed by atoms with E-state index in [4.69, 9.17) is 9.47 Å². The highest BCUT2D eigenvalue weighted by molar-refractivity contribution is 8.00. The molecule has 9 nitrogen and oxygen atoms in total. The molecule has 1 aliphatic heterocycles. The van der Waals surface area contributed by atoms with Gasteiger partial charge in [0.25, 0.3) is 0 Å². The van der Waals surface area contributed by atoms with Crippen LogP contribution in [0.1, 0.15) is 30.8 Å². The molecule has 2 N–H and O–H groups in total. The molecule has 2 aromatic carbocycles. The van der Waals surface area contributed by atoms with Crippen LogP contribution in [-0.4, -0.2) is 38.6 Å². The maximum Gasteiger partial charge on any atom is 0.237 e. The van der Waals surface area contributed by atoms with E-state index in [1.165, 1.54) is 17.3 Å². The van der Waals surface area contributed by atoms with Gasteiger partial charge in [-0.2, -0.15) is 0 Å². The third kappa shape index (κ3) is 5.33. The molecule has 0 saturated heterocycles. The fourth-order valence-electron chi connectivity index (χ4n) is 3.45. The van der Waals surface area contributed by atoms with Gasteiger partial charge in [0.05, 0.1) is 11.7 Å². The van der Waals surface area contributed by atoms with Gasteiger partial charge >= 0.3 is 0 Å². The van der Waals surface area contributed by atoms with Crippen molar-refractivity contribution in [3.8, 4) is 11.5 Å². The third-order valence-corrected chi connectivity index (χ3v) is 6.59. The van der Waals surface area contributed by atoms with E-state index in [9.17, 15) is 9.59 Å². The lowest BCUT2D eigenvalue weighted by Crippen LogP contribution is -2.23. The van der Waals surface area contributed by atoms with Crippen molar-refractivity contribution in [1.29, 1.82) is 0 Å². The summed E-state index contributed by atoms with van der Waals surface area (Å²) in [6, 6.07) is 11.1. The Morgan fingerprint density at radius 3 is 2.53 bits per heavy atom. The number of aromatic nitrogens is 3. The van der Waals surface area contributed by atoms with Crippen LogP contribution in [0, 0.1) is 13.8 Å². The number of hydrogen-bond acceptors (Lipinski definition) is 7. The summed E-state index contributed by atoms with van der Waals surface area (Å²) in [4.78, 5) is 25.3. The number of thioether (sulfide) groups is 1. The highest BCUT2D eigenvalue weighted by Gasteiger charge is 2.22. The number of rotatable bonds is 8. The highest BCUT2D eigenvalue weighted by Crippen LogP contribution is 2.34. The molecule has 2 heterocycles. The second-order valence-corrected chi connectivity index (χ2v) is 9.29. The van der Waals surface area contributed by atoms with Gasteiger partial charge < -0.3 is 24.7 Å². The van der Waals surface area contributed by atoms with Crippen LogP contribution >= 0.6 is 11.8 Å². The number of nitrogens with zero attached hydrogens (tertiary/aromatic N) is 3. The number of aryl methyl sites for hydroxylation is 2. The zero-order valence-electron chi connectivity index (χ0n) is 19.5. The van der Waals surface area contributed by atoms with Gasteiger partial charge in [0.2, 0.25) is 18.6 Å². The highest BCUT2D eigenvalue weighted by atomic mass is 32.2. The lowest BCUT2D eigenvalue weighted by molar-refractivity contribution is -0.116. The van der Waals surface area contributed by atoms with Gasteiger partial charge in [-0.25, -0.2) is 0 Å². The summed E-state index contributed by atoms with van der Waals surface area (Å²) in [5.41, 5.74) is 3.66. The van der Waals surface area contributed by atoms with Crippen molar-refractivity contribution in [3.05, 3.63) is 53.3 Å². The Morgan fingerprint density at radius 1 is 1.03 bits per heavy atom. The minimum Gasteiger partial charge on any atom is -0.454 e. The molecule has 1 aromatic heterocycles. The fourth-order valence-corrected chi connectivity index (χ4v) is 4.38. The minimum absolute atomic E-state index is 0.0894. The number of ether oxygens (including phenoxy) is 2. The van der Waals surface area contributed by atoms with Crippen molar-refractivity contribution in [2.45, 2.75) is 51.1 Å². The standard InChI is InChI=1S/C24H27N5O4S/c1-5-29-21(12-22(30)25-17-7-6-14(2)15(3)10-17)27-28-24(29)34-16(4)23(31)26-18-8-9-19-20(11-18)33-13-32-19/h6-11,16H,5,12-13H2,1-4H3,(H,25,30)(H,26,31)/t16-/m0/s1. The Balaban J connectivity index is 1.37. The molecule has 1 aliphatic rings. The van der Waals surface area contributed by atoms with E-state index in [0.29, 0.717) is 34.7 Å². The topological polar surface area (TPSA) is 107 Å². The van der Waals surface area contributed by atoms with Crippen molar-refractivity contribution in [2.24, 2.45) is 0 Å². The van der Waals surface area contributed by atoms with E-state index in [1.54, 1.807) is 25.1 Å². The molecule has 2 amide bonds. The first-order chi connectivity index (χ1) is 16.3. The predicted molar refractivity (Wildman–Crippen MR) is 130 cm³/mol. The van der Waals surface area contributed by atoms with Crippen LogP contribution in [-0.2, 0) is 22.6 Å². The molecule has 0 spiro atoms. The molecule has 3 aromatic rings. The van der Waals surface area contributed by atoms with E-state index in [1.807, 2.05) is 43.5 Å². The molecule has 0 bridgehead atoms. The van der Waals surface area contributed by atoms with Gasteiger partial charge in [0.15, 0.2) is 16.7 Å². The molecule has 1 atom stereocenters. The maximum absolute atomic E-state index is 12.7. The number of hydrogen-bond donors (Lipinski definition) is 2.